The van der Waals surface area contributed by atoms with Crippen LogP contribution in [0.2, 0.25) is 0 Å². The average Bonchev–Trinajstić information content (AvgIpc) is 3.19. The van der Waals surface area contributed by atoms with E-state index in [0.29, 0.717) is 29.3 Å². The van der Waals surface area contributed by atoms with Crippen LogP contribution in [0.25, 0.3) is 10.9 Å². The van der Waals surface area contributed by atoms with Crippen LogP contribution >= 0.6 is 0 Å². The predicted octanol–water partition coefficient (Wildman–Crippen LogP) is 3.02. The third-order valence-electron chi connectivity index (χ3n) is 7.45. The number of nitrogens with zero attached hydrogens (tertiary/aromatic N) is 1. The van der Waals surface area contributed by atoms with Crippen molar-refractivity contribution >= 4 is 10.9 Å². The Balaban J connectivity index is 1.45. The van der Waals surface area contributed by atoms with Crippen LogP contribution in [0.15, 0.2) is 39.9 Å². The molecule has 1 fully saturated rings. The van der Waals surface area contributed by atoms with Crippen LogP contribution in [0.4, 0.5) is 0 Å². The maximum Gasteiger partial charge on any atom is 0.328 e. The van der Waals surface area contributed by atoms with Gasteiger partial charge < -0.3 is 15.0 Å². The molecule has 0 radical (unpaired) electrons. The fourth-order valence-electron chi connectivity index (χ4n) is 5.64. The van der Waals surface area contributed by atoms with Gasteiger partial charge in [-0.1, -0.05) is 18.2 Å². The zero-order valence-electron chi connectivity index (χ0n) is 18.3. The van der Waals surface area contributed by atoms with Crippen molar-refractivity contribution in [2.24, 2.45) is 5.92 Å². The number of aromatic nitrogens is 2. The van der Waals surface area contributed by atoms with Crippen molar-refractivity contribution in [2.75, 3.05) is 13.7 Å². The average molecular weight is 420 g/mol. The van der Waals surface area contributed by atoms with E-state index in [0.717, 1.165) is 42.7 Å². The first kappa shape index (κ1) is 20.1. The maximum absolute atomic E-state index is 13.1. The summed E-state index contributed by atoms with van der Waals surface area (Å²) in [5.74, 6) is 1.94. The van der Waals surface area contributed by atoms with Gasteiger partial charge in [-0.05, 0) is 80.0 Å². The Morgan fingerprint density at radius 2 is 2.00 bits per heavy atom. The summed E-state index contributed by atoms with van der Waals surface area (Å²) in [7, 11) is 1.73. The van der Waals surface area contributed by atoms with Crippen LogP contribution in [-0.4, -0.2) is 29.2 Å². The van der Waals surface area contributed by atoms with Crippen LogP contribution in [0.5, 0.6) is 5.75 Å². The second-order valence-electron chi connectivity index (χ2n) is 8.97. The fourth-order valence-corrected chi connectivity index (χ4v) is 5.64. The van der Waals surface area contributed by atoms with E-state index in [-0.39, 0.29) is 17.3 Å². The summed E-state index contributed by atoms with van der Waals surface area (Å²) < 4.78 is 6.97. The van der Waals surface area contributed by atoms with Gasteiger partial charge in [-0.2, -0.15) is 0 Å². The lowest BCUT2D eigenvalue weighted by Crippen LogP contribution is -2.38. The Labute approximate surface area is 181 Å². The third-order valence-corrected chi connectivity index (χ3v) is 7.45. The van der Waals surface area contributed by atoms with Gasteiger partial charge in [0.15, 0.2) is 0 Å². The van der Waals surface area contributed by atoms with Gasteiger partial charge in [0.1, 0.15) is 5.75 Å². The molecule has 3 aromatic rings. The molecular formula is C25H29N3O3. The van der Waals surface area contributed by atoms with Crippen LogP contribution in [0.1, 0.15) is 41.0 Å². The summed E-state index contributed by atoms with van der Waals surface area (Å²) in [4.78, 5) is 28.8. The highest BCUT2D eigenvalue weighted by Gasteiger charge is 2.40. The predicted molar refractivity (Wildman–Crippen MR) is 122 cm³/mol. The Bertz CT molecular complexity index is 1270. The number of benzene rings is 2. The second kappa shape index (κ2) is 7.68. The van der Waals surface area contributed by atoms with Crippen molar-refractivity contribution in [1.29, 1.82) is 0 Å². The number of aromatic amines is 1. The molecule has 0 bridgehead atoms. The Morgan fingerprint density at radius 1 is 1.16 bits per heavy atom. The molecule has 2 N–H and O–H groups in total. The van der Waals surface area contributed by atoms with Crippen molar-refractivity contribution in [2.45, 2.75) is 51.6 Å². The van der Waals surface area contributed by atoms with Gasteiger partial charge in [-0.25, -0.2) is 4.79 Å². The molecule has 0 spiro atoms. The number of methoxy groups -OCH3 is 1. The zero-order chi connectivity index (χ0) is 21.7. The van der Waals surface area contributed by atoms with Crippen LogP contribution < -0.4 is 21.3 Å². The largest absolute Gasteiger partial charge is 0.496 e. The van der Waals surface area contributed by atoms with Crippen LogP contribution in [0, 0.1) is 19.8 Å². The van der Waals surface area contributed by atoms with Gasteiger partial charge >= 0.3 is 5.69 Å². The Kier molecular flexibility index (Phi) is 4.97. The molecule has 6 nitrogen and oxygen atoms in total. The number of ether oxygens (including phenoxy) is 1. The monoisotopic (exact) mass is 419 g/mol. The molecule has 5 rings (SSSR count). The van der Waals surface area contributed by atoms with Gasteiger partial charge in [-0.3, -0.25) is 9.36 Å². The molecule has 0 amide bonds. The first-order valence-corrected chi connectivity index (χ1v) is 11.1. The molecule has 31 heavy (non-hydrogen) atoms. The summed E-state index contributed by atoms with van der Waals surface area (Å²) in [6.07, 6.45) is 2.91. The van der Waals surface area contributed by atoms with Crippen LogP contribution in [0.3, 0.4) is 0 Å². The van der Waals surface area contributed by atoms with Crippen molar-refractivity contribution in [3.63, 3.8) is 0 Å². The smallest absolute Gasteiger partial charge is 0.328 e. The van der Waals surface area contributed by atoms with Gasteiger partial charge in [0.25, 0.3) is 5.56 Å². The summed E-state index contributed by atoms with van der Waals surface area (Å²) >= 11 is 0. The first-order chi connectivity index (χ1) is 15.0. The summed E-state index contributed by atoms with van der Waals surface area (Å²) in [6.45, 7) is 5.30. The summed E-state index contributed by atoms with van der Waals surface area (Å²) in [5, 5.41) is 4.25. The molecule has 1 saturated heterocycles. The second-order valence-corrected chi connectivity index (χ2v) is 8.97. The fraction of sp³-hybridized carbons (Fsp3) is 0.440. The Hall–Kier alpha value is -2.86. The highest BCUT2D eigenvalue weighted by atomic mass is 16.5. The molecule has 2 heterocycles. The quantitative estimate of drug-likeness (QED) is 0.682. The topological polar surface area (TPSA) is 76.1 Å². The molecule has 162 valence electrons. The normalized spacial score (nSPS) is 22.4. The summed E-state index contributed by atoms with van der Waals surface area (Å²) in [5.41, 5.74) is 4.80. The molecule has 6 heteroatoms. The van der Waals surface area contributed by atoms with Gasteiger partial charge in [0.05, 0.1) is 18.0 Å². The minimum atomic E-state index is -0.327. The number of nitrogens with one attached hydrogen (secondary N) is 2. The molecule has 1 aliphatic carbocycles. The molecule has 0 saturated carbocycles. The van der Waals surface area contributed by atoms with E-state index in [1.54, 1.807) is 7.11 Å². The van der Waals surface area contributed by atoms with E-state index in [9.17, 15) is 9.59 Å². The summed E-state index contributed by atoms with van der Waals surface area (Å²) in [6, 6.07) is 10.3. The lowest BCUT2D eigenvalue weighted by molar-refractivity contribution is 0.371. The van der Waals surface area contributed by atoms with E-state index >= 15 is 0 Å². The number of hydrogen-bond acceptors (Lipinski definition) is 4. The highest BCUT2D eigenvalue weighted by Crippen LogP contribution is 2.45. The number of fused-ring (bicyclic) bond motifs is 4. The minimum Gasteiger partial charge on any atom is -0.496 e. The number of H-pyrrole nitrogens is 1. The zero-order valence-corrected chi connectivity index (χ0v) is 18.3. The van der Waals surface area contributed by atoms with E-state index in [2.05, 4.69) is 22.4 Å². The van der Waals surface area contributed by atoms with Gasteiger partial charge in [-0.15, -0.1) is 0 Å². The van der Waals surface area contributed by atoms with Gasteiger partial charge in [0, 0.05) is 18.5 Å². The lowest BCUT2D eigenvalue weighted by Gasteiger charge is -2.32. The van der Waals surface area contributed by atoms with Crippen molar-refractivity contribution in [1.82, 2.24) is 14.9 Å². The van der Waals surface area contributed by atoms with E-state index in [1.165, 1.54) is 15.7 Å². The number of aryl methyl sites for hydroxylation is 2. The first-order valence-electron chi connectivity index (χ1n) is 11.1. The minimum absolute atomic E-state index is 0.206. The van der Waals surface area contributed by atoms with Gasteiger partial charge in [0.2, 0.25) is 0 Å². The maximum atomic E-state index is 13.1. The van der Waals surface area contributed by atoms with E-state index in [1.807, 2.05) is 32.0 Å². The molecule has 2 aromatic carbocycles. The van der Waals surface area contributed by atoms with Crippen LogP contribution in [-0.2, 0) is 13.0 Å². The molecule has 1 aliphatic heterocycles. The number of hydrogen-bond donors (Lipinski definition) is 2. The Morgan fingerprint density at radius 3 is 2.81 bits per heavy atom. The van der Waals surface area contributed by atoms with Crippen molar-refractivity contribution in [3.8, 4) is 5.75 Å². The van der Waals surface area contributed by atoms with Crippen molar-refractivity contribution in [3.05, 3.63) is 73.4 Å². The number of rotatable bonds is 4. The third kappa shape index (κ3) is 3.21. The highest BCUT2D eigenvalue weighted by molar-refractivity contribution is 5.81. The van der Waals surface area contributed by atoms with E-state index in [4.69, 9.17) is 4.74 Å². The molecule has 1 aromatic heterocycles. The molecular weight excluding hydrogens is 390 g/mol. The molecule has 2 aliphatic rings. The molecule has 3 atom stereocenters. The standard InChI is InChI=1S/C25H29N3O3/c1-14-7-9-19-23(15(14)2)27-25(30)28(24(19)29)12-11-20-22-16(13-26-20)8-10-17-18(22)5-4-6-21(17)31-3/h4-7,9,16,20,22,26H,8,10-13H2,1-3H3,(H,27,30)/t16-,20?,22+/m0/s1. The SMILES string of the molecule is COc1cccc2c1CC[C@H]1CNC(CCn3c(=O)[nH]c4c(C)c(C)ccc4c3=O)[C@@H]21. The van der Waals surface area contributed by atoms with Crippen molar-refractivity contribution < 1.29 is 4.74 Å². The molecule has 1 unspecified atom stereocenters. The van der Waals surface area contributed by atoms with E-state index < -0.39 is 0 Å². The lowest BCUT2D eigenvalue weighted by atomic mass is 9.73.